The maximum atomic E-state index is 12.0. The Kier molecular flexibility index (Phi) is 4.42. The molecule has 5 nitrogen and oxygen atoms in total. The van der Waals surface area contributed by atoms with E-state index in [0.717, 1.165) is 16.8 Å². The molecule has 0 radical (unpaired) electrons. The van der Waals surface area contributed by atoms with E-state index in [-0.39, 0.29) is 5.91 Å². The maximum Gasteiger partial charge on any atom is 0.253 e. The lowest BCUT2D eigenvalue weighted by molar-refractivity contribution is 0.0827. The summed E-state index contributed by atoms with van der Waals surface area (Å²) in [5.74, 6) is -0.00229. The van der Waals surface area contributed by atoms with E-state index >= 15 is 0 Å². The first-order valence-electron chi connectivity index (χ1n) is 6.73. The molecular formula is C16H20N4O. The molecular weight excluding hydrogens is 264 g/mol. The van der Waals surface area contributed by atoms with Gasteiger partial charge in [-0.25, -0.2) is 4.68 Å². The Morgan fingerprint density at radius 2 is 2.24 bits per heavy atom. The minimum Gasteiger partial charge on any atom is -0.381 e. The smallest absolute Gasteiger partial charge is 0.253 e. The van der Waals surface area contributed by atoms with Gasteiger partial charge in [0.2, 0.25) is 0 Å². The van der Waals surface area contributed by atoms with Crippen molar-refractivity contribution in [2.45, 2.75) is 13.5 Å². The number of carbonyl (C=O) groups is 1. The predicted molar refractivity (Wildman–Crippen MR) is 85.1 cm³/mol. The average molecular weight is 284 g/mol. The molecule has 5 heteroatoms. The number of hydrogen-bond donors (Lipinski definition) is 1. The molecule has 0 aliphatic rings. The van der Waals surface area contributed by atoms with Crippen LogP contribution in [0.25, 0.3) is 6.20 Å². The molecule has 0 atom stereocenters. The number of aryl methyl sites for hydroxylation is 1. The van der Waals surface area contributed by atoms with Gasteiger partial charge in [0.05, 0.1) is 6.20 Å². The fourth-order valence-corrected chi connectivity index (χ4v) is 1.97. The summed E-state index contributed by atoms with van der Waals surface area (Å²) in [5.41, 5.74) is 3.78. The SMILES string of the molecule is C=Cn1cc(CNc2cc(C(=O)N(C)C)ccc2C)cn1. The van der Waals surface area contributed by atoms with Gasteiger partial charge in [0, 0.05) is 49.9 Å². The van der Waals surface area contributed by atoms with E-state index in [2.05, 4.69) is 17.0 Å². The number of benzene rings is 1. The topological polar surface area (TPSA) is 50.2 Å². The third-order valence-corrected chi connectivity index (χ3v) is 3.22. The number of amides is 1. The van der Waals surface area contributed by atoms with Gasteiger partial charge < -0.3 is 10.2 Å². The first kappa shape index (κ1) is 14.8. The number of nitrogens with zero attached hydrogens (tertiary/aromatic N) is 3. The van der Waals surface area contributed by atoms with Crippen LogP contribution in [0.15, 0.2) is 37.2 Å². The normalized spacial score (nSPS) is 10.2. The Hall–Kier alpha value is -2.56. The molecule has 2 aromatic rings. The Morgan fingerprint density at radius 1 is 1.48 bits per heavy atom. The zero-order valence-electron chi connectivity index (χ0n) is 12.6. The lowest BCUT2D eigenvalue weighted by atomic mass is 10.1. The second-order valence-electron chi connectivity index (χ2n) is 5.09. The van der Waals surface area contributed by atoms with E-state index in [1.165, 1.54) is 0 Å². The first-order chi connectivity index (χ1) is 10.0. The van der Waals surface area contributed by atoms with Gasteiger partial charge in [0.1, 0.15) is 0 Å². The molecule has 0 spiro atoms. The zero-order valence-corrected chi connectivity index (χ0v) is 12.6. The standard InChI is InChI=1S/C16H20N4O/c1-5-20-11-13(10-18-20)9-17-15-8-14(7-6-12(15)2)16(21)19(3)4/h5-8,10-11,17H,1,9H2,2-4H3. The van der Waals surface area contributed by atoms with Crippen molar-refractivity contribution in [1.29, 1.82) is 0 Å². The fraction of sp³-hybridized carbons (Fsp3) is 0.250. The van der Waals surface area contributed by atoms with Crippen LogP contribution in [0, 0.1) is 6.92 Å². The number of nitrogens with one attached hydrogen (secondary N) is 1. The molecule has 1 amide bonds. The summed E-state index contributed by atoms with van der Waals surface area (Å²) < 4.78 is 1.66. The van der Waals surface area contributed by atoms with E-state index < -0.39 is 0 Å². The van der Waals surface area contributed by atoms with E-state index in [0.29, 0.717) is 12.1 Å². The molecule has 0 bridgehead atoms. The summed E-state index contributed by atoms with van der Waals surface area (Å²) in [6.07, 6.45) is 5.34. The van der Waals surface area contributed by atoms with E-state index in [4.69, 9.17) is 0 Å². The fourth-order valence-electron chi connectivity index (χ4n) is 1.97. The lowest BCUT2D eigenvalue weighted by Gasteiger charge is -2.13. The van der Waals surface area contributed by atoms with Crippen molar-refractivity contribution in [3.63, 3.8) is 0 Å². The minimum absolute atomic E-state index is 0.00229. The highest BCUT2D eigenvalue weighted by molar-refractivity contribution is 5.95. The molecule has 21 heavy (non-hydrogen) atoms. The summed E-state index contributed by atoms with van der Waals surface area (Å²) in [6.45, 7) is 6.32. The highest BCUT2D eigenvalue weighted by Gasteiger charge is 2.10. The molecule has 1 aromatic heterocycles. The van der Waals surface area contributed by atoms with Crippen molar-refractivity contribution in [3.05, 3.63) is 53.9 Å². The zero-order chi connectivity index (χ0) is 15.4. The van der Waals surface area contributed by atoms with Gasteiger partial charge in [0.15, 0.2) is 0 Å². The van der Waals surface area contributed by atoms with Crippen LogP contribution in [-0.4, -0.2) is 34.7 Å². The summed E-state index contributed by atoms with van der Waals surface area (Å²) >= 11 is 0. The van der Waals surface area contributed by atoms with Crippen LogP contribution < -0.4 is 5.32 Å². The summed E-state index contributed by atoms with van der Waals surface area (Å²) in [6, 6.07) is 5.68. The minimum atomic E-state index is -0.00229. The van der Waals surface area contributed by atoms with Crippen LogP contribution in [0.4, 0.5) is 5.69 Å². The first-order valence-corrected chi connectivity index (χ1v) is 6.73. The van der Waals surface area contributed by atoms with Gasteiger partial charge in [-0.1, -0.05) is 12.6 Å². The molecule has 0 fully saturated rings. The highest BCUT2D eigenvalue weighted by Crippen LogP contribution is 2.18. The second-order valence-corrected chi connectivity index (χ2v) is 5.09. The number of rotatable bonds is 5. The molecule has 0 aliphatic carbocycles. The molecule has 1 aromatic carbocycles. The molecule has 0 saturated carbocycles. The Morgan fingerprint density at radius 3 is 2.86 bits per heavy atom. The van der Waals surface area contributed by atoms with Gasteiger partial charge in [-0.3, -0.25) is 4.79 Å². The van der Waals surface area contributed by atoms with Gasteiger partial charge in [-0.15, -0.1) is 0 Å². The van der Waals surface area contributed by atoms with Crippen LogP contribution >= 0.6 is 0 Å². The summed E-state index contributed by atoms with van der Waals surface area (Å²) in [7, 11) is 3.50. The van der Waals surface area contributed by atoms with Crippen LogP contribution in [0.1, 0.15) is 21.5 Å². The molecule has 0 saturated heterocycles. The van der Waals surface area contributed by atoms with E-state index in [1.807, 2.05) is 31.3 Å². The van der Waals surface area contributed by atoms with Crippen LogP contribution in [0.2, 0.25) is 0 Å². The molecule has 1 heterocycles. The van der Waals surface area contributed by atoms with Crippen molar-refractivity contribution in [2.75, 3.05) is 19.4 Å². The Balaban J connectivity index is 2.13. The average Bonchev–Trinajstić information content (AvgIpc) is 2.93. The van der Waals surface area contributed by atoms with E-state index in [1.54, 1.807) is 36.1 Å². The largest absolute Gasteiger partial charge is 0.381 e. The monoisotopic (exact) mass is 284 g/mol. The van der Waals surface area contributed by atoms with Crippen molar-refractivity contribution < 1.29 is 4.79 Å². The van der Waals surface area contributed by atoms with Gasteiger partial charge >= 0.3 is 0 Å². The third-order valence-electron chi connectivity index (χ3n) is 3.22. The van der Waals surface area contributed by atoms with Crippen molar-refractivity contribution >= 4 is 17.8 Å². The van der Waals surface area contributed by atoms with Crippen LogP contribution in [-0.2, 0) is 6.54 Å². The third kappa shape index (κ3) is 3.51. The number of hydrogen-bond acceptors (Lipinski definition) is 3. The van der Waals surface area contributed by atoms with E-state index in [9.17, 15) is 4.79 Å². The van der Waals surface area contributed by atoms with Gasteiger partial charge in [-0.2, -0.15) is 5.10 Å². The second kappa shape index (κ2) is 6.26. The van der Waals surface area contributed by atoms with Crippen LogP contribution in [0.5, 0.6) is 0 Å². The van der Waals surface area contributed by atoms with Crippen molar-refractivity contribution in [2.24, 2.45) is 0 Å². The van der Waals surface area contributed by atoms with Crippen molar-refractivity contribution in [3.8, 4) is 0 Å². The Bertz CT molecular complexity index is 658. The molecule has 0 aliphatic heterocycles. The summed E-state index contributed by atoms with van der Waals surface area (Å²) in [4.78, 5) is 13.6. The highest BCUT2D eigenvalue weighted by atomic mass is 16.2. The molecule has 2 rings (SSSR count). The number of aromatic nitrogens is 2. The van der Waals surface area contributed by atoms with Crippen molar-refractivity contribution in [1.82, 2.24) is 14.7 Å². The Labute approximate surface area is 124 Å². The lowest BCUT2D eigenvalue weighted by Crippen LogP contribution is -2.21. The van der Waals surface area contributed by atoms with Gasteiger partial charge in [0.25, 0.3) is 5.91 Å². The molecule has 0 unspecified atom stereocenters. The van der Waals surface area contributed by atoms with Gasteiger partial charge in [-0.05, 0) is 24.6 Å². The number of carbonyl (C=O) groups excluding carboxylic acids is 1. The summed E-state index contributed by atoms with van der Waals surface area (Å²) in [5, 5.41) is 7.48. The quantitative estimate of drug-likeness (QED) is 0.918. The number of anilines is 1. The molecule has 1 N–H and O–H groups in total. The van der Waals surface area contributed by atoms with Crippen LogP contribution in [0.3, 0.4) is 0 Å². The molecule has 110 valence electrons. The predicted octanol–water partition coefficient (Wildman–Crippen LogP) is 2.61. The maximum absolute atomic E-state index is 12.0.